The van der Waals surface area contributed by atoms with Crippen LogP contribution in [0.15, 0.2) is 6.07 Å². The number of hydrogen-bond donors (Lipinski definition) is 1. The Kier molecular flexibility index (Phi) is 2.94. The van der Waals surface area contributed by atoms with Crippen molar-refractivity contribution >= 4 is 5.97 Å². The molecule has 1 atom stereocenters. The van der Waals surface area contributed by atoms with Gasteiger partial charge in [0.15, 0.2) is 0 Å². The first-order valence-electron chi connectivity index (χ1n) is 5.58. The summed E-state index contributed by atoms with van der Waals surface area (Å²) in [5.74, 6) is 0.428. The molecule has 1 aromatic rings. The average molecular weight is 252 g/mol. The van der Waals surface area contributed by atoms with Crippen molar-refractivity contribution in [1.82, 2.24) is 0 Å². The van der Waals surface area contributed by atoms with E-state index < -0.39 is 11.6 Å². The number of rotatable bonds is 2. The molecule has 98 valence electrons. The number of fused-ring (bicyclic) bond motifs is 1. The van der Waals surface area contributed by atoms with Crippen molar-refractivity contribution in [2.75, 3.05) is 20.8 Å². The zero-order chi connectivity index (χ0) is 13.5. The predicted molar refractivity (Wildman–Crippen MR) is 64.1 cm³/mol. The van der Waals surface area contributed by atoms with Crippen LogP contribution >= 0.6 is 0 Å². The fourth-order valence-electron chi connectivity index (χ4n) is 2.33. The third-order valence-corrected chi connectivity index (χ3v) is 3.17. The van der Waals surface area contributed by atoms with Crippen molar-refractivity contribution in [3.63, 3.8) is 0 Å². The third kappa shape index (κ3) is 1.71. The molecule has 0 bridgehead atoms. The van der Waals surface area contributed by atoms with Crippen LogP contribution in [-0.4, -0.2) is 31.9 Å². The molecule has 0 amide bonds. The van der Waals surface area contributed by atoms with Crippen LogP contribution in [0.1, 0.15) is 28.4 Å². The Labute approximate surface area is 105 Å². The highest BCUT2D eigenvalue weighted by atomic mass is 16.5. The second-order valence-corrected chi connectivity index (χ2v) is 4.51. The van der Waals surface area contributed by atoms with Gasteiger partial charge in [-0.2, -0.15) is 0 Å². The minimum Gasteiger partial charge on any atom is -0.496 e. The molecule has 18 heavy (non-hydrogen) atoms. The van der Waals surface area contributed by atoms with E-state index in [1.54, 1.807) is 19.9 Å². The summed E-state index contributed by atoms with van der Waals surface area (Å²) in [5, 5.41) is 10.4. The predicted octanol–water partition coefficient (Wildman–Crippen LogP) is 1.39. The van der Waals surface area contributed by atoms with Gasteiger partial charge in [-0.05, 0) is 19.4 Å². The van der Waals surface area contributed by atoms with Gasteiger partial charge in [-0.25, -0.2) is 4.79 Å². The lowest BCUT2D eigenvalue weighted by molar-refractivity contribution is -0.0356. The first kappa shape index (κ1) is 12.7. The van der Waals surface area contributed by atoms with Crippen molar-refractivity contribution in [1.29, 1.82) is 0 Å². The van der Waals surface area contributed by atoms with Gasteiger partial charge in [0.1, 0.15) is 29.3 Å². The quantitative estimate of drug-likeness (QED) is 0.806. The molecule has 1 unspecified atom stereocenters. The average Bonchev–Trinajstić information content (AvgIpc) is 2.34. The van der Waals surface area contributed by atoms with E-state index in [9.17, 15) is 9.90 Å². The lowest BCUT2D eigenvalue weighted by atomic mass is 9.85. The second kappa shape index (κ2) is 4.17. The van der Waals surface area contributed by atoms with Gasteiger partial charge in [0.05, 0.1) is 14.2 Å². The molecule has 0 fully saturated rings. The van der Waals surface area contributed by atoms with Crippen LogP contribution in [0.4, 0.5) is 0 Å². The zero-order valence-corrected chi connectivity index (χ0v) is 10.9. The van der Waals surface area contributed by atoms with E-state index in [2.05, 4.69) is 0 Å². The summed E-state index contributed by atoms with van der Waals surface area (Å²) in [4.78, 5) is 11.9. The molecule has 5 nitrogen and oxygen atoms in total. The van der Waals surface area contributed by atoms with Crippen molar-refractivity contribution in [2.24, 2.45) is 0 Å². The maximum Gasteiger partial charge on any atom is 0.342 e. The molecule has 0 aliphatic carbocycles. The van der Waals surface area contributed by atoms with Gasteiger partial charge in [0.25, 0.3) is 0 Å². The first-order valence-corrected chi connectivity index (χ1v) is 5.58. The summed E-state index contributed by atoms with van der Waals surface area (Å²) >= 11 is 0. The largest absolute Gasteiger partial charge is 0.496 e. The molecule has 2 rings (SSSR count). The highest BCUT2D eigenvalue weighted by molar-refractivity contribution is 5.96. The van der Waals surface area contributed by atoms with E-state index in [1.165, 1.54) is 14.2 Å². The normalized spacial score (nSPS) is 22.2. The molecule has 0 saturated heterocycles. The molecule has 0 spiro atoms. The van der Waals surface area contributed by atoms with Gasteiger partial charge < -0.3 is 19.3 Å². The first-order chi connectivity index (χ1) is 8.42. The molecule has 1 aliphatic rings. The van der Waals surface area contributed by atoms with Crippen LogP contribution < -0.4 is 9.47 Å². The minimum atomic E-state index is -1.24. The Hall–Kier alpha value is -1.75. The summed E-state index contributed by atoms with van der Waals surface area (Å²) in [6.07, 6.45) is 0. The molecule has 1 heterocycles. The van der Waals surface area contributed by atoms with Gasteiger partial charge in [0.2, 0.25) is 0 Å². The van der Waals surface area contributed by atoms with Gasteiger partial charge in [-0.3, -0.25) is 0 Å². The van der Waals surface area contributed by atoms with Gasteiger partial charge >= 0.3 is 5.97 Å². The number of benzene rings is 1. The number of methoxy groups -OCH3 is 2. The number of carbonyl (C=O) groups excluding carboxylic acids is 1. The molecule has 0 radical (unpaired) electrons. The second-order valence-electron chi connectivity index (χ2n) is 4.51. The molecule has 1 N–H and O–H groups in total. The van der Waals surface area contributed by atoms with Crippen LogP contribution in [0, 0.1) is 6.92 Å². The molecule has 1 aromatic carbocycles. The number of carbonyl (C=O) groups is 1. The summed E-state index contributed by atoms with van der Waals surface area (Å²) in [6, 6.07) is 1.62. The van der Waals surface area contributed by atoms with Crippen molar-refractivity contribution < 1.29 is 24.1 Å². The number of ether oxygens (including phenoxy) is 3. The molecule has 5 heteroatoms. The Morgan fingerprint density at radius 1 is 1.33 bits per heavy atom. The van der Waals surface area contributed by atoms with Crippen LogP contribution in [0.3, 0.4) is 0 Å². The fraction of sp³-hybridized carbons (Fsp3) is 0.462. The van der Waals surface area contributed by atoms with Crippen LogP contribution in [0.25, 0.3) is 0 Å². The van der Waals surface area contributed by atoms with Gasteiger partial charge in [-0.15, -0.1) is 0 Å². The Bertz CT molecular complexity index is 505. The number of hydrogen-bond acceptors (Lipinski definition) is 5. The molecule has 0 aromatic heterocycles. The fourth-order valence-corrected chi connectivity index (χ4v) is 2.33. The van der Waals surface area contributed by atoms with Crippen LogP contribution in [0.2, 0.25) is 0 Å². The SMILES string of the molecule is COc1cc(OC)c2c(c1C)C(C)(O)COC2=O. The minimum absolute atomic E-state index is 0.0734. The third-order valence-electron chi connectivity index (χ3n) is 3.17. The van der Waals surface area contributed by atoms with E-state index >= 15 is 0 Å². The van der Waals surface area contributed by atoms with Gasteiger partial charge in [0, 0.05) is 11.6 Å². The van der Waals surface area contributed by atoms with Crippen LogP contribution in [-0.2, 0) is 10.3 Å². The van der Waals surface area contributed by atoms with E-state index in [0.717, 1.165) is 5.56 Å². The molecule has 0 saturated carbocycles. The van der Waals surface area contributed by atoms with Crippen molar-refractivity contribution in [3.8, 4) is 11.5 Å². The maximum atomic E-state index is 11.9. The summed E-state index contributed by atoms with van der Waals surface area (Å²) in [7, 11) is 2.99. The smallest absolute Gasteiger partial charge is 0.342 e. The molecule has 1 aliphatic heterocycles. The summed E-state index contributed by atoms with van der Waals surface area (Å²) in [5.41, 5.74) is 0.256. The molecular formula is C13H16O5. The topological polar surface area (TPSA) is 65.0 Å². The van der Waals surface area contributed by atoms with E-state index in [0.29, 0.717) is 17.1 Å². The summed E-state index contributed by atoms with van der Waals surface area (Å²) < 4.78 is 15.4. The van der Waals surface area contributed by atoms with Crippen LogP contribution in [0.5, 0.6) is 11.5 Å². The zero-order valence-electron chi connectivity index (χ0n) is 10.9. The monoisotopic (exact) mass is 252 g/mol. The standard InChI is InChI=1S/C13H16O5/c1-7-8(16-3)5-9(17-4)10-11(7)13(2,15)6-18-12(10)14/h5,15H,6H2,1-4H3. The Balaban J connectivity index is 2.81. The maximum absolute atomic E-state index is 11.9. The number of aliphatic hydroxyl groups is 1. The van der Waals surface area contributed by atoms with Crippen molar-refractivity contribution in [2.45, 2.75) is 19.4 Å². The van der Waals surface area contributed by atoms with E-state index in [1.807, 2.05) is 0 Å². The highest BCUT2D eigenvalue weighted by Gasteiger charge is 2.40. The summed E-state index contributed by atoms with van der Waals surface area (Å²) in [6.45, 7) is 3.32. The lowest BCUT2D eigenvalue weighted by Gasteiger charge is -2.33. The van der Waals surface area contributed by atoms with E-state index in [-0.39, 0.29) is 12.2 Å². The Morgan fingerprint density at radius 2 is 1.94 bits per heavy atom. The van der Waals surface area contributed by atoms with Gasteiger partial charge in [-0.1, -0.05) is 0 Å². The number of cyclic esters (lactones) is 1. The van der Waals surface area contributed by atoms with E-state index in [4.69, 9.17) is 14.2 Å². The molecular weight excluding hydrogens is 236 g/mol. The lowest BCUT2D eigenvalue weighted by Crippen LogP contribution is -2.37. The number of esters is 1. The van der Waals surface area contributed by atoms with Crippen molar-refractivity contribution in [3.05, 3.63) is 22.8 Å². The highest BCUT2D eigenvalue weighted by Crippen LogP contribution is 2.41. The Morgan fingerprint density at radius 3 is 2.50 bits per heavy atom.